The van der Waals surface area contributed by atoms with Gasteiger partial charge in [-0.2, -0.15) is 0 Å². The van der Waals surface area contributed by atoms with Crippen LogP contribution in [0, 0.1) is 5.92 Å². The first-order chi connectivity index (χ1) is 5.74. The molecular weight excluding hydrogens is 146 g/mol. The predicted octanol–water partition coefficient (Wildman–Crippen LogP) is 2.91. The van der Waals surface area contributed by atoms with Gasteiger partial charge in [-0.15, -0.1) is 0 Å². The fourth-order valence-electron chi connectivity index (χ4n) is 2.36. The van der Waals surface area contributed by atoms with E-state index in [4.69, 9.17) is 0 Å². The standard InChI is InChI=1S/C11H23N/c1-4-5-10-6-8-11(9-7-10)12(2)3/h10-11H,4-9H2,1-3H3/t10-,11+. The fraction of sp³-hybridized carbons (Fsp3) is 1.00. The molecule has 0 aromatic carbocycles. The van der Waals surface area contributed by atoms with E-state index >= 15 is 0 Å². The summed E-state index contributed by atoms with van der Waals surface area (Å²) in [7, 11) is 4.43. The highest BCUT2D eigenvalue weighted by molar-refractivity contribution is 4.76. The highest BCUT2D eigenvalue weighted by Gasteiger charge is 2.21. The molecule has 0 aromatic heterocycles. The second kappa shape index (κ2) is 4.86. The summed E-state index contributed by atoms with van der Waals surface area (Å²) in [6.07, 6.45) is 8.63. The number of hydrogen-bond acceptors (Lipinski definition) is 1. The molecule has 0 aromatic rings. The van der Waals surface area contributed by atoms with Crippen molar-refractivity contribution in [1.29, 1.82) is 0 Å². The van der Waals surface area contributed by atoms with Crippen LogP contribution in [-0.4, -0.2) is 25.0 Å². The van der Waals surface area contributed by atoms with Crippen LogP contribution in [0.1, 0.15) is 45.4 Å². The van der Waals surface area contributed by atoms with Crippen LogP contribution in [0.5, 0.6) is 0 Å². The van der Waals surface area contributed by atoms with Crippen molar-refractivity contribution in [3.63, 3.8) is 0 Å². The van der Waals surface area contributed by atoms with Gasteiger partial charge < -0.3 is 4.90 Å². The van der Waals surface area contributed by atoms with Crippen LogP contribution < -0.4 is 0 Å². The summed E-state index contributed by atoms with van der Waals surface area (Å²) in [6.45, 7) is 2.30. The third-order valence-corrected chi connectivity index (χ3v) is 3.24. The number of nitrogens with zero attached hydrogens (tertiary/aromatic N) is 1. The quantitative estimate of drug-likeness (QED) is 0.628. The average molecular weight is 169 g/mol. The average Bonchev–Trinajstić information content (AvgIpc) is 2.06. The lowest BCUT2D eigenvalue weighted by molar-refractivity contribution is 0.188. The Labute approximate surface area is 77.1 Å². The Morgan fingerprint density at radius 2 is 1.67 bits per heavy atom. The molecule has 1 heteroatoms. The lowest BCUT2D eigenvalue weighted by atomic mass is 9.83. The Morgan fingerprint density at radius 1 is 1.08 bits per heavy atom. The van der Waals surface area contributed by atoms with Gasteiger partial charge in [0.1, 0.15) is 0 Å². The third kappa shape index (κ3) is 2.78. The molecule has 1 aliphatic carbocycles. The maximum absolute atomic E-state index is 2.39. The van der Waals surface area contributed by atoms with E-state index in [0.29, 0.717) is 0 Å². The Bertz CT molecular complexity index is 112. The molecule has 0 bridgehead atoms. The minimum Gasteiger partial charge on any atom is -0.306 e. The third-order valence-electron chi connectivity index (χ3n) is 3.24. The molecule has 1 nitrogen and oxygen atoms in total. The summed E-state index contributed by atoms with van der Waals surface area (Å²) < 4.78 is 0. The first kappa shape index (κ1) is 10.0. The van der Waals surface area contributed by atoms with E-state index in [1.54, 1.807) is 0 Å². The highest BCUT2D eigenvalue weighted by atomic mass is 15.1. The summed E-state index contributed by atoms with van der Waals surface area (Å²) in [5.74, 6) is 1.05. The SMILES string of the molecule is CCC[C@H]1CC[C@@H](N(C)C)CC1. The molecular formula is C11H23N. The smallest absolute Gasteiger partial charge is 0.00893 e. The van der Waals surface area contributed by atoms with Crippen LogP contribution in [-0.2, 0) is 0 Å². The summed E-state index contributed by atoms with van der Waals surface area (Å²) in [5.41, 5.74) is 0. The van der Waals surface area contributed by atoms with E-state index in [-0.39, 0.29) is 0 Å². The molecule has 0 radical (unpaired) electrons. The summed E-state index contributed by atoms with van der Waals surface area (Å²) >= 11 is 0. The Hall–Kier alpha value is -0.0400. The van der Waals surface area contributed by atoms with Gasteiger partial charge in [0.05, 0.1) is 0 Å². The van der Waals surface area contributed by atoms with Gasteiger partial charge in [0.15, 0.2) is 0 Å². The zero-order valence-corrected chi connectivity index (χ0v) is 8.84. The van der Waals surface area contributed by atoms with Crippen molar-refractivity contribution in [2.24, 2.45) is 5.92 Å². The van der Waals surface area contributed by atoms with Gasteiger partial charge in [-0.25, -0.2) is 0 Å². The van der Waals surface area contributed by atoms with E-state index in [0.717, 1.165) is 12.0 Å². The molecule has 0 amide bonds. The zero-order chi connectivity index (χ0) is 8.97. The van der Waals surface area contributed by atoms with E-state index < -0.39 is 0 Å². The van der Waals surface area contributed by atoms with Crippen molar-refractivity contribution in [1.82, 2.24) is 4.90 Å². The van der Waals surface area contributed by atoms with Gasteiger partial charge in [-0.3, -0.25) is 0 Å². The molecule has 0 spiro atoms. The molecule has 1 rings (SSSR count). The first-order valence-corrected chi connectivity index (χ1v) is 5.40. The monoisotopic (exact) mass is 169 g/mol. The van der Waals surface area contributed by atoms with Crippen molar-refractivity contribution >= 4 is 0 Å². The van der Waals surface area contributed by atoms with Gasteiger partial charge >= 0.3 is 0 Å². The van der Waals surface area contributed by atoms with E-state index in [1.165, 1.54) is 38.5 Å². The maximum atomic E-state index is 2.39. The molecule has 0 atom stereocenters. The van der Waals surface area contributed by atoms with Gasteiger partial charge in [0.25, 0.3) is 0 Å². The molecule has 0 N–H and O–H groups in total. The molecule has 1 saturated carbocycles. The maximum Gasteiger partial charge on any atom is 0.00893 e. The second-order valence-corrected chi connectivity index (χ2v) is 4.43. The fourth-order valence-corrected chi connectivity index (χ4v) is 2.36. The molecule has 1 fully saturated rings. The normalized spacial score (nSPS) is 31.0. The number of rotatable bonds is 3. The predicted molar refractivity (Wildman–Crippen MR) is 54.3 cm³/mol. The minimum absolute atomic E-state index is 0.873. The Balaban J connectivity index is 2.20. The summed E-state index contributed by atoms with van der Waals surface area (Å²) in [4.78, 5) is 2.39. The van der Waals surface area contributed by atoms with Gasteiger partial charge in [-0.05, 0) is 45.7 Å². The van der Waals surface area contributed by atoms with E-state index in [1.807, 2.05) is 0 Å². The van der Waals surface area contributed by atoms with Crippen LogP contribution in [0.25, 0.3) is 0 Å². The van der Waals surface area contributed by atoms with Crippen molar-refractivity contribution in [2.75, 3.05) is 14.1 Å². The van der Waals surface area contributed by atoms with Gasteiger partial charge in [0.2, 0.25) is 0 Å². The Morgan fingerprint density at radius 3 is 2.08 bits per heavy atom. The Kier molecular flexibility index (Phi) is 4.07. The van der Waals surface area contributed by atoms with Crippen LogP contribution in [0.2, 0.25) is 0 Å². The molecule has 72 valence electrons. The highest BCUT2D eigenvalue weighted by Crippen LogP contribution is 2.29. The van der Waals surface area contributed by atoms with Crippen molar-refractivity contribution in [3.05, 3.63) is 0 Å². The molecule has 0 saturated heterocycles. The van der Waals surface area contributed by atoms with Gasteiger partial charge in [0, 0.05) is 6.04 Å². The van der Waals surface area contributed by atoms with E-state index in [2.05, 4.69) is 25.9 Å². The van der Waals surface area contributed by atoms with Crippen LogP contribution >= 0.6 is 0 Å². The molecule has 0 aliphatic heterocycles. The van der Waals surface area contributed by atoms with Crippen LogP contribution in [0.15, 0.2) is 0 Å². The van der Waals surface area contributed by atoms with Crippen LogP contribution in [0.3, 0.4) is 0 Å². The second-order valence-electron chi connectivity index (χ2n) is 4.43. The van der Waals surface area contributed by atoms with Crippen molar-refractivity contribution < 1.29 is 0 Å². The van der Waals surface area contributed by atoms with Crippen LogP contribution in [0.4, 0.5) is 0 Å². The molecule has 0 unspecified atom stereocenters. The molecule has 12 heavy (non-hydrogen) atoms. The molecule has 1 aliphatic rings. The lowest BCUT2D eigenvalue weighted by Crippen LogP contribution is -2.32. The largest absolute Gasteiger partial charge is 0.306 e. The van der Waals surface area contributed by atoms with Crippen molar-refractivity contribution in [3.8, 4) is 0 Å². The summed E-state index contributed by atoms with van der Waals surface area (Å²) in [6, 6.07) is 0.873. The van der Waals surface area contributed by atoms with Gasteiger partial charge in [-0.1, -0.05) is 19.8 Å². The minimum atomic E-state index is 0.873. The number of hydrogen-bond donors (Lipinski definition) is 0. The lowest BCUT2D eigenvalue weighted by Gasteiger charge is -2.32. The molecule has 0 heterocycles. The topological polar surface area (TPSA) is 3.24 Å². The summed E-state index contributed by atoms with van der Waals surface area (Å²) in [5, 5.41) is 0. The zero-order valence-electron chi connectivity index (χ0n) is 8.84. The van der Waals surface area contributed by atoms with E-state index in [9.17, 15) is 0 Å². The first-order valence-electron chi connectivity index (χ1n) is 5.40. The van der Waals surface area contributed by atoms with Crippen molar-refractivity contribution in [2.45, 2.75) is 51.5 Å².